The second kappa shape index (κ2) is 8.04. The smallest absolute Gasteiger partial charge is 0.152 e. The average molecular weight is 430 g/mol. The molecule has 0 aliphatic rings. The predicted molar refractivity (Wildman–Crippen MR) is 123 cm³/mol. The van der Waals surface area contributed by atoms with E-state index in [4.69, 9.17) is 9.97 Å². The van der Waals surface area contributed by atoms with Gasteiger partial charge in [-0.2, -0.15) is 10.4 Å². The molecule has 0 radical (unpaired) electrons. The summed E-state index contributed by atoms with van der Waals surface area (Å²) in [6, 6.07) is 2.27. The van der Waals surface area contributed by atoms with E-state index in [0.717, 1.165) is 57.9 Å². The second-order valence-corrected chi connectivity index (χ2v) is 8.48. The van der Waals surface area contributed by atoms with Crippen molar-refractivity contribution < 1.29 is 0 Å². The van der Waals surface area contributed by atoms with E-state index in [2.05, 4.69) is 33.4 Å². The highest BCUT2D eigenvalue weighted by atomic mass is 15.3. The van der Waals surface area contributed by atoms with Crippen molar-refractivity contribution in [1.82, 2.24) is 34.3 Å². The molecule has 4 aromatic rings. The first-order valence-electron chi connectivity index (χ1n) is 10.6. The number of nitriles is 1. The van der Waals surface area contributed by atoms with Gasteiger partial charge in [0.1, 0.15) is 11.1 Å². The molecule has 0 saturated heterocycles. The van der Waals surface area contributed by atoms with Crippen LogP contribution in [0.5, 0.6) is 0 Å². The Bertz CT molecular complexity index is 1340. The predicted octanol–water partition coefficient (Wildman–Crippen LogP) is 4.19. The summed E-state index contributed by atoms with van der Waals surface area (Å²) in [5.41, 5.74) is 6.02. The molecule has 4 aromatic heterocycles. The third kappa shape index (κ3) is 3.68. The van der Waals surface area contributed by atoms with Crippen LogP contribution in [0.15, 0.2) is 24.9 Å². The van der Waals surface area contributed by atoms with E-state index in [-0.39, 0.29) is 0 Å². The molecule has 0 fully saturated rings. The molecular weight excluding hydrogens is 402 g/mol. The van der Waals surface area contributed by atoms with Crippen LogP contribution in [0, 0.1) is 25.2 Å². The van der Waals surface area contributed by atoms with E-state index in [1.807, 2.05) is 57.9 Å². The van der Waals surface area contributed by atoms with Crippen molar-refractivity contribution >= 4 is 22.5 Å². The molecule has 4 rings (SSSR count). The van der Waals surface area contributed by atoms with Gasteiger partial charge in [-0.15, -0.1) is 0 Å². The topological polar surface area (TPSA) is 110 Å². The lowest BCUT2D eigenvalue weighted by Gasteiger charge is -2.15. The van der Waals surface area contributed by atoms with Crippen LogP contribution in [-0.2, 0) is 19.0 Å². The molecule has 0 bridgehead atoms. The number of nitrogens with one attached hydrogen (secondary N) is 1. The molecular formula is C23H27N9. The van der Waals surface area contributed by atoms with E-state index in [1.54, 1.807) is 11.0 Å². The Kier molecular flexibility index (Phi) is 5.38. The number of nitrogens with zero attached hydrogens (tertiary/aromatic N) is 8. The van der Waals surface area contributed by atoms with Crippen LogP contribution in [0.1, 0.15) is 44.3 Å². The van der Waals surface area contributed by atoms with Crippen LogP contribution < -0.4 is 5.32 Å². The molecule has 0 aliphatic carbocycles. The normalized spacial score (nSPS) is 11.7. The Morgan fingerprint density at radius 3 is 2.66 bits per heavy atom. The van der Waals surface area contributed by atoms with Gasteiger partial charge in [0, 0.05) is 18.8 Å². The van der Waals surface area contributed by atoms with Gasteiger partial charge in [0.2, 0.25) is 0 Å². The molecule has 0 aliphatic heterocycles. The van der Waals surface area contributed by atoms with Crippen LogP contribution in [0.3, 0.4) is 0 Å². The summed E-state index contributed by atoms with van der Waals surface area (Å²) in [4.78, 5) is 18.8. The van der Waals surface area contributed by atoms with Gasteiger partial charge in [-0.25, -0.2) is 15.0 Å². The third-order valence-corrected chi connectivity index (χ3v) is 5.52. The molecule has 0 aromatic carbocycles. The lowest BCUT2D eigenvalue weighted by molar-refractivity contribution is 0.416. The Morgan fingerprint density at radius 1 is 1.16 bits per heavy atom. The first-order valence-corrected chi connectivity index (χ1v) is 10.6. The molecule has 0 unspecified atom stereocenters. The molecule has 1 N–H and O–H groups in total. The Labute approximate surface area is 187 Å². The van der Waals surface area contributed by atoms with Gasteiger partial charge in [-0.05, 0) is 34.1 Å². The molecule has 32 heavy (non-hydrogen) atoms. The van der Waals surface area contributed by atoms with Crippen LogP contribution in [0.4, 0.5) is 11.5 Å². The highest BCUT2D eigenvalue weighted by molar-refractivity contribution is 5.90. The maximum atomic E-state index is 9.43. The number of hydrogen-bond acceptors (Lipinski definition) is 7. The van der Waals surface area contributed by atoms with E-state index >= 15 is 0 Å². The van der Waals surface area contributed by atoms with Gasteiger partial charge in [-0.3, -0.25) is 9.67 Å². The molecule has 0 spiro atoms. The van der Waals surface area contributed by atoms with Crippen LogP contribution in [0.2, 0.25) is 0 Å². The van der Waals surface area contributed by atoms with E-state index in [1.165, 1.54) is 0 Å². The first-order chi connectivity index (χ1) is 15.2. The van der Waals surface area contributed by atoms with E-state index in [9.17, 15) is 5.26 Å². The summed E-state index contributed by atoms with van der Waals surface area (Å²) in [6.07, 6.45) is 8.96. The average Bonchev–Trinajstić information content (AvgIpc) is 3.33. The molecule has 9 heteroatoms. The lowest BCUT2D eigenvalue weighted by atomic mass is 10.1. The summed E-state index contributed by atoms with van der Waals surface area (Å²) in [6.45, 7) is 9.61. The maximum absolute atomic E-state index is 9.43. The fourth-order valence-corrected chi connectivity index (χ4v) is 3.56. The van der Waals surface area contributed by atoms with E-state index < -0.39 is 5.54 Å². The minimum absolute atomic E-state index is 0.677. The highest BCUT2D eigenvalue weighted by Crippen LogP contribution is 2.31. The van der Waals surface area contributed by atoms with Crippen molar-refractivity contribution in [2.24, 2.45) is 7.05 Å². The quantitative estimate of drug-likeness (QED) is 0.489. The third-order valence-electron chi connectivity index (χ3n) is 5.52. The number of aryl methyl sites for hydroxylation is 4. The Balaban J connectivity index is 1.78. The number of imidazole rings is 1. The van der Waals surface area contributed by atoms with Gasteiger partial charge in [0.15, 0.2) is 5.82 Å². The molecule has 0 saturated carbocycles. The highest BCUT2D eigenvalue weighted by Gasteiger charge is 2.23. The maximum Gasteiger partial charge on any atom is 0.152 e. The van der Waals surface area contributed by atoms with Crippen molar-refractivity contribution in [2.75, 3.05) is 5.32 Å². The number of aromatic nitrogens is 7. The summed E-state index contributed by atoms with van der Waals surface area (Å²) in [5, 5.41) is 17.3. The van der Waals surface area contributed by atoms with Gasteiger partial charge in [0.25, 0.3) is 0 Å². The Morgan fingerprint density at radius 2 is 1.94 bits per heavy atom. The monoisotopic (exact) mass is 429 g/mol. The van der Waals surface area contributed by atoms with Crippen molar-refractivity contribution in [3.8, 4) is 17.3 Å². The zero-order valence-electron chi connectivity index (χ0n) is 19.3. The summed E-state index contributed by atoms with van der Waals surface area (Å²) >= 11 is 0. The molecule has 164 valence electrons. The van der Waals surface area contributed by atoms with Crippen LogP contribution >= 0.6 is 0 Å². The number of pyridine rings is 1. The number of hydrogen-bond donors (Lipinski definition) is 1. The van der Waals surface area contributed by atoms with Gasteiger partial charge in [0.05, 0.1) is 58.8 Å². The van der Waals surface area contributed by atoms with Gasteiger partial charge < -0.3 is 9.88 Å². The summed E-state index contributed by atoms with van der Waals surface area (Å²) in [5.74, 6) is 0.677. The molecule has 0 atom stereocenters. The zero-order chi connectivity index (χ0) is 23.0. The van der Waals surface area contributed by atoms with Crippen molar-refractivity contribution in [2.45, 2.75) is 53.0 Å². The second-order valence-electron chi connectivity index (χ2n) is 8.48. The fraction of sp³-hybridized carbons (Fsp3) is 0.391. The first kappa shape index (κ1) is 21.4. The fourth-order valence-electron chi connectivity index (χ4n) is 3.56. The standard InChI is InChI=1S/C23H27N9/c1-7-8-17-20(16-9-25-10-19-21(16)26-13-31(19)6)27-15(3)22(28-17)29-18-11-32(30-14(18)2)23(4,5)12-24/h9-11,13H,7-8H2,1-6H3,(H,28,29). The number of fused-ring (bicyclic) bond motifs is 1. The zero-order valence-corrected chi connectivity index (χ0v) is 19.3. The Hall–Kier alpha value is -3.80. The molecule has 0 amide bonds. The number of anilines is 2. The van der Waals surface area contributed by atoms with Gasteiger partial charge >= 0.3 is 0 Å². The van der Waals surface area contributed by atoms with Crippen molar-refractivity contribution in [1.29, 1.82) is 5.26 Å². The summed E-state index contributed by atoms with van der Waals surface area (Å²) in [7, 11) is 1.95. The summed E-state index contributed by atoms with van der Waals surface area (Å²) < 4.78 is 3.62. The largest absolute Gasteiger partial charge is 0.336 e. The van der Waals surface area contributed by atoms with Crippen molar-refractivity contribution in [3.63, 3.8) is 0 Å². The van der Waals surface area contributed by atoms with E-state index in [0.29, 0.717) is 5.82 Å². The SMILES string of the molecule is CCCc1nc(Nc2cn(C(C)(C)C#N)nc2C)c(C)nc1-c1cncc2c1ncn2C. The molecule has 9 nitrogen and oxygen atoms in total. The minimum Gasteiger partial charge on any atom is -0.336 e. The van der Waals surface area contributed by atoms with Crippen molar-refractivity contribution in [3.05, 3.63) is 42.0 Å². The molecule has 4 heterocycles. The van der Waals surface area contributed by atoms with Gasteiger partial charge in [-0.1, -0.05) is 13.3 Å². The number of rotatable bonds is 6. The lowest BCUT2D eigenvalue weighted by Crippen LogP contribution is -2.24. The van der Waals surface area contributed by atoms with Crippen LogP contribution in [-0.4, -0.2) is 34.3 Å². The minimum atomic E-state index is -0.739. The van der Waals surface area contributed by atoms with Crippen LogP contribution in [0.25, 0.3) is 22.3 Å².